The summed E-state index contributed by atoms with van der Waals surface area (Å²) in [5.41, 5.74) is 1.24. The molecule has 2 heterocycles. The first-order chi connectivity index (χ1) is 9.86. The molecule has 0 bridgehead atoms. The molecule has 102 valence electrons. The van der Waals surface area contributed by atoms with E-state index in [4.69, 9.17) is 4.98 Å². The Kier molecular flexibility index (Phi) is 3.92. The van der Waals surface area contributed by atoms with Crippen LogP contribution in [-0.4, -0.2) is 16.5 Å². The number of benzene rings is 1. The van der Waals surface area contributed by atoms with Crippen LogP contribution in [0.3, 0.4) is 0 Å². The normalized spacial score (nSPS) is 10.8. The van der Waals surface area contributed by atoms with E-state index in [1.807, 2.05) is 6.07 Å². The third-order valence-electron chi connectivity index (χ3n) is 3.12. The monoisotopic (exact) mass is 283 g/mol. The van der Waals surface area contributed by atoms with Crippen LogP contribution < -0.4 is 5.32 Å². The highest BCUT2D eigenvalue weighted by molar-refractivity contribution is 7.16. The second-order valence-corrected chi connectivity index (χ2v) is 5.61. The highest BCUT2D eigenvalue weighted by Crippen LogP contribution is 2.25. The molecule has 3 aromatic rings. The molecule has 0 amide bonds. The Morgan fingerprint density at radius 3 is 2.75 bits per heavy atom. The maximum absolute atomic E-state index is 4.69. The third kappa shape index (κ3) is 2.80. The van der Waals surface area contributed by atoms with Gasteiger partial charge >= 0.3 is 0 Å². The minimum atomic E-state index is 0.773. The van der Waals surface area contributed by atoms with Crippen molar-refractivity contribution in [3.05, 3.63) is 53.2 Å². The Morgan fingerprint density at radius 1 is 1.10 bits per heavy atom. The van der Waals surface area contributed by atoms with Gasteiger partial charge in [0, 0.05) is 13.0 Å². The van der Waals surface area contributed by atoms with Gasteiger partial charge in [0.15, 0.2) is 0 Å². The van der Waals surface area contributed by atoms with Crippen LogP contribution in [0.15, 0.2) is 41.8 Å². The summed E-state index contributed by atoms with van der Waals surface area (Å²) >= 11 is 1.67. The van der Waals surface area contributed by atoms with Crippen LogP contribution >= 0.6 is 11.3 Å². The molecular weight excluding hydrogens is 266 g/mol. The first kappa shape index (κ1) is 13.1. The summed E-state index contributed by atoms with van der Waals surface area (Å²) in [5.74, 6) is 1.84. The van der Waals surface area contributed by atoms with E-state index in [-0.39, 0.29) is 0 Å². The summed E-state index contributed by atoms with van der Waals surface area (Å²) in [4.78, 5) is 10.4. The minimum Gasteiger partial charge on any atom is -0.369 e. The fourth-order valence-electron chi connectivity index (χ4n) is 2.14. The number of aromatic nitrogens is 2. The van der Waals surface area contributed by atoms with E-state index in [9.17, 15) is 0 Å². The minimum absolute atomic E-state index is 0.773. The summed E-state index contributed by atoms with van der Waals surface area (Å²) < 4.78 is 0. The van der Waals surface area contributed by atoms with E-state index in [0.717, 1.165) is 41.2 Å². The van der Waals surface area contributed by atoms with Gasteiger partial charge in [-0.3, -0.25) is 0 Å². The fraction of sp³-hybridized carbons (Fsp3) is 0.250. The number of fused-ring (bicyclic) bond motifs is 1. The summed E-state index contributed by atoms with van der Waals surface area (Å²) in [6.45, 7) is 3.09. The zero-order chi connectivity index (χ0) is 13.8. The lowest BCUT2D eigenvalue weighted by Gasteiger charge is -2.08. The number of thiophene rings is 1. The van der Waals surface area contributed by atoms with Gasteiger partial charge in [0.25, 0.3) is 0 Å². The smallest absolute Gasteiger partial charge is 0.138 e. The van der Waals surface area contributed by atoms with E-state index < -0.39 is 0 Å². The van der Waals surface area contributed by atoms with Crippen LogP contribution in [0.25, 0.3) is 10.2 Å². The highest BCUT2D eigenvalue weighted by Gasteiger charge is 2.08. The van der Waals surface area contributed by atoms with Gasteiger partial charge in [-0.25, -0.2) is 9.97 Å². The van der Waals surface area contributed by atoms with Crippen LogP contribution in [0.2, 0.25) is 0 Å². The molecule has 1 N–H and O–H groups in total. The van der Waals surface area contributed by atoms with Crippen LogP contribution in [0.4, 0.5) is 5.82 Å². The predicted molar refractivity (Wildman–Crippen MR) is 85.4 cm³/mol. The molecule has 20 heavy (non-hydrogen) atoms. The van der Waals surface area contributed by atoms with E-state index in [1.165, 1.54) is 5.56 Å². The van der Waals surface area contributed by atoms with Crippen LogP contribution in [-0.2, 0) is 6.42 Å². The third-order valence-corrected chi connectivity index (χ3v) is 3.93. The van der Waals surface area contributed by atoms with Crippen molar-refractivity contribution in [3.63, 3.8) is 0 Å². The van der Waals surface area contributed by atoms with Crippen LogP contribution in [0.1, 0.15) is 24.7 Å². The summed E-state index contributed by atoms with van der Waals surface area (Å²) in [6.07, 6.45) is 1.86. The first-order valence-corrected chi connectivity index (χ1v) is 7.76. The van der Waals surface area contributed by atoms with Crippen molar-refractivity contribution < 1.29 is 0 Å². The van der Waals surface area contributed by atoms with Crippen molar-refractivity contribution in [1.82, 2.24) is 9.97 Å². The second kappa shape index (κ2) is 6.01. The van der Waals surface area contributed by atoms with Crippen LogP contribution in [0.5, 0.6) is 0 Å². The first-order valence-electron chi connectivity index (χ1n) is 6.88. The van der Waals surface area contributed by atoms with Crippen molar-refractivity contribution in [1.29, 1.82) is 0 Å². The van der Waals surface area contributed by atoms with E-state index >= 15 is 0 Å². The van der Waals surface area contributed by atoms with Gasteiger partial charge in [-0.1, -0.05) is 37.3 Å². The van der Waals surface area contributed by atoms with E-state index in [0.29, 0.717) is 0 Å². The largest absolute Gasteiger partial charge is 0.369 e. The maximum Gasteiger partial charge on any atom is 0.138 e. The van der Waals surface area contributed by atoms with E-state index in [2.05, 4.69) is 52.9 Å². The van der Waals surface area contributed by atoms with Gasteiger partial charge in [-0.2, -0.15) is 0 Å². The topological polar surface area (TPSA) is 37.8 Å². The Balaban J connectivity index is 1.94. The maximum atomic E-state index is 4.69. The number of hydrogen-bond acceptors (Lipinski definition) is 4. The molecular formula is C16H17N3S. The lowest BCUT2D eigenvalue weighted by Crippen LogP contribution is -2.05. The quantitative estimate of drug-likeness (QED) is 0.766. The molecule has 0 unspecified atom stereocenters. The number of nitrogens with one attached hydrogen (secondary N) is 1. The van der Waals surface area contributed by atoms with Crippen molar-refractivity contribution >= 4 is 27.4 Å². The molecule has 0 fully saturated rings. The lowest BCUT2D eigenvalue weighted by atomic mass is 10.1. The van der Waals surface area contributed by atoms with Crippen molar-refractivity contribution in [3.8, 4) is 0 Å². The van der Waals surface area contributed by atoms with Crippen molar-refractivity contribution in [2.24, 2.45) is 0 Å². The lowest BCUT2D eigenvalue weighted by molar-refractivity contribution is 0.948. The van der Waals surface area contributed by atoms with Gasteiger partial charge in [-0.05, 0) is 23.4 Å². The average Bonchev–Trinajstić information content (AvgIpc) is 2.94. The highest BCUT2D eigenvalue weighted by atomic mass is 32.1. The summed E-state index contributed by atoms with van der Waals surface area (Å²) in [6, 6.07) is 12.4. The number of anilines is 1. The molecule has 0 aliphatic rings. The number of rotatable bonds is 5. The van der Waals surface area contributed by atoms with Gasteiger partial charge < -0.3 is 5.32 Å². The predicted octanol–water partition coefficient (Wildman–Crippen LogP) is 4.10. The van der Waals surface area contributed by atoms with Crippen LogP contribution in [0, 0.1) is 0 Å². The Morgan fingerprint density at radius 2 is 1.95 bits per heavy atom. The molecule has 0 radical (unpaired) electrons. The zero-order valence-corrected chi connectivity index (χ0v) is 12.3. The Hall–Kier alpha value is -1.94. The van der Waals surface area contributed by atoms with Crippen molar-refractivity contribution in [2.45, 2.75) is 19.8 Å². The number of nitrogens with zero attached hydrogens (tertiary/aromatic N) is 2. The Labute approximate surface area is 122 Å². The molecule has 0 saturated heterocycles. The molecule has 0 saturated carbocycles. The van der Waals surface area contributed by atoms with Crippen molar-refractivity contribution in [2.75, 3.05) is 11.9 Å². The molecule has 3 nitrogen and oxygen atoms in total. The van der Waals surface area contributed by atoms with Gasteiger partial charge in [-0.15, -0.1) is 11.3 Å². The number of hydrogen-bond donors (Lipinski definition) is 1. The fourth-order valence-corrected chi connectivity index (χ4v) is 2.92. The standard InChI is InChI=1S/C16H17N3S/c1-2-9-17-15-13-8-10-20-16(13)19-14(18-15)11-12-6-4-3-5-7-12/h3-8,10H,2,9,11H2,1H3,(H,17,18,19). The molecule has 2 aromatic heterocycles. The van der Waals surface area contributed by atoms with Gasteiger partial charge in [0.05, 0.1) is 5.39 Å². The van der Waals surface area contributed by atoms with Gasteiger partial charge in [0.2, 0.25) is 0 Å². The molecule has 1 aromatic carbocycles. The molecule has 0 aliphatic heterocycles. The van der Waals surface area contributed by atoms with E-state index in [1.54, 1.807) is 11.3 Å². The average molecular weight is 283 g/mol. The van der Waals surface area contributed by atoms with Gasteiger partial charge in [0.1, 0.15) is 16.5 Å². The molecule has 0 spiro atoms. The summed E-state index contributed by atoms with van der Waals surface area (Å²) in [5, 5.41) is 6.60. The zero-order valence-electron chi connectivity index (χ0n) is 11.5. The SMILES string of the molecule is CCCNc1nc(Cc2ccccc2)nc2sccc12. The summed E-state index contributed by atoms with van der Waals surface area (Å²) in [7, 11) is 0. The molecule has 4 heteroatoms. The Bertz CT molecular complexity index is 691. The second-order valence-electron chi connectivity index (χ2n) is 4.72. The molecule has 0 atom stereocenters. The molecule has 3 rings (SSSR count). The molecule has 0 aliphatic carbocycles.